The third-order valence-electron chi connectivity index (χ3n) is 9.58. The highest BCUT2D eigenvalue weighted by molar-refractivity contribution is 7.99. The molecule has 8 rings (SSSR count). The Morgan fingerprint density at radius 3 is 1.57 bits per heavy atom. The molecule has 0 aliphatic carbocycles. The Bertz CT molecular complexity index is 2660. The fourth-order valence-electron chi connectivity index (χ4n) is 6.39. The van der Waals surface area contributed by atoms with Gasteiger partial charge in [-0.1, -0.05) is 36.4 Å². The number of hydrogen-bond acceptors (Lipinski definition) is 11. The van der Waals surface area contributed by atoms with Crippen LogP contribution in [0.1, 0.15) is 57.3 Å². The van der Waals surface area contributed by atoms with E-state index in [0.717, 1.165) is 49.8 Å². The van der Waals surface area contributed by atoms with Crippen LogP contribution in [-0.4, -0.2) is 51.3 Å². The van der Waals surface area contributed by atoms with Gasteiger partial charge in [-0.2, -0.15) is 0 Å². The highest BCUT2D eigenvalue weighted by Gasteiger charge is 2.24. The van der Waals surface area contributed by atoms with Gasteiger partial charge in [0.1, 0.15) is 11.6 Å². The van der Waals surface area contributed by atoms with Crippen molar-refractivity contribution < 1.29 is 18.0 Å². The maximum atomic E-state index is 12.8. The van der Waals surface area contributed by atoms with Crippen molar-refractivity contribution in [3.63, 3.8) is 0 Å². The SMILES string of the molecule is Cc1cc2c(cc1C)N=C(c1cccc(S(=O)(=O)c3ncccn3)c1)CC(=O)C2.Cc1cc2c(cc1C)N=C(c1cccc(Sc3ncccn3)c1)CC(=O)C2. The minimum atomic E-state index is -3.86. The number of carbonyl (C=O) groups excluding carboxylic acids is 2. The van der Waals surface area contributed by atoms with Crippen LogP contribution >= 0.6 is 11.8 Å². The molecule has 0 radical (unpaired) electrons. The molecule has 4 heterocycles. The number of aryl methyl sites for hydroxylation is 4. The van der Waals surface area contributed by atoms with Gasteiger partial charge in [-0.05, 0) is 132 Å². The normalized spacial score (nSPS) is 13.9. The monoisotopic (exact) mass is 778 g/mol. The summed E-state index contributed by atoms with van der Waals surface area (Å²) in [6, 6.07) is 26.0. The molecule has 0 N–H and O–H groups in total. The summed E-state index contributed by atoms with van der Waals surface area (Å²) < 4.78 is 25.7. The van der Waals surface area contributed by atoms with Gasteiger partial charge in [-0.25, -0.2) is 28.4 Å². The van der Waals surface area contributed by atoms with Crippen LogP contribution in [0, 0.1) is 27.7 Å². The van der Waals surface area contributed by atoms with Crippen LogP contribution in [0.2, 0.25) is 0 Å². The molecule has 6 aromatic rings. The molecule has 0 spiro atoms. The maximum Gasteiger partial charge on any atom is 0.251 e. The molecule has 2 aliphatic rings. The van der Waals surface area contributed by atoms with Gasteiger partial charge in [0, 0.05) is 55.4 Å². The third kappa shape index (κ3) is 8.77. The average molecular weight is 779 g/mol. The first-order valence-electron chi connectivity index (χ1n) is 18.0. The molecule has 0 atom stereocenters. The molecule has 0 saturated heterocycles. The quantitative estimate of drug-likeness (QED) is 0.152. The predicted octanol–water partition coefficient (Wildman–Crippen LogP) is 8.44. The largest absolute Gasteiger partial charge is 0.299 e. The summed E-state index contributed by atoms with van der Waals surface area (Å²) in [6.45, 7) is 8.16. The molecule has 10 nitrogen and oxygen atoms in total. The van der Waals surface area contributed by atoms with E-state index in [1.165, 1.54) is 47.4 Å². The van der Waals surface area contributed by atoms with Crippen LogP contribution in [0.3, 0.4) is 0 Å². The van der Waals surface area contributed by atoms with Crippen molar-refractivity contribution in [1.82, 2.24) is 19.9 Å². The van der Waals surface area contributed by atoms with E-state index in [4.69, 9.17) is 9.98 Å². The van der Waals surface area contributed by atoms with Crippen LogP contribution in [0.25, 0.3) is 0 Å². The van der Waals surface area contributed by atoms with E-state index in [9.17, 15) is 18.0 Å². The molecule has 2 aromatic heterocycles. The molecule has 0 unspecified atom stereocenters. The van der Waals surface area contributed by atoms with Gasteiger partial charge in [-0.3, -0.25) is 19.6 Å². The van der Waals surface area contributed by atoms with E-state index < -0.39 is 9.84 Å². The smallest absolute Gasteiger partial charge is 0.251 e. The summed E-state index contributed by atoms with van der Waals surface area (Å²) in [5, 5.41) is 0.442. The summed E-state index contributed by atoms with van der Waals surface area (Å²) in [5.74, 6) is 0.241. The Morgan fingerprint density at radius 2 is 1.02 bits per heavy atom. The van der Waals surface area contributed by atoms with Gasteiger partial charge in [0.15, 0.2) is 5.16 Å². The zero-order valence-corrected chi connectivity index (χ0v) is 33.0. The molecular formula is C44H38N6O4S2. The first-order chi connectivity index (χ1) is 26.9. The zero-order valence-electron chi connectivity index (χ0n) is 31.4. The number of rotatable bonds is 6. The Morgan fingerprint density at radius 1 is 0.536 bits per heavy atom. The number of carbonyl (C=O) groups is 2. The van der Waals surface area contributed by atoms with Crippen molar-refractivity contribution in [2.24, 2.45) is 9.98 Å². The lowest BCUT2D eigenvalue weighted by molar-refractivity contribution is -0.118. The number of ketones is 2. The second-order valence-electron chi connectivity index (χ2n) is 13.8. The van der Waals surface area contributed by atoms with Crippen molar-refractivity contribution in [3.8, 4) is 0 Å². The van der Waals surface area contributed by atoms with E-state index in [1.807, 2.05) is 44.2 Å². The van der Waals surface area contributed by atoms with Crippen molar-refractivity contribution in [2.45, 2.75) is 73.5 Å². The highest BCUT2D eigenvalue weighted by atomic mass is 32.2. The first-order valence-corrected chi connectivity index (χ1v) is 20.3. The number of sulfone groups is 1. The molecule has 56 heavy (non-hydrogen) atoms. The molecule has 4 aromatic carbocycles. The van der Waals surface area contributed by atoms with Gasteiger partial charge in [0.25, 0.3) is 5.16 Å². The van der Waals surface area contributed by atoms with Crippen LogP contribution < -0.4 is 0 Å². The average Bonchev–Trinajstić information content (AvgIpc) is 3.45. The number of benzene rings is 4. The number of hydrogen-bond donors (Lipinski definition) is 0. The second-order valence-corrected chi connectivity index (χ2v) is 16.6. The van der Waals surface area contributed by atoms with E-state index in [-0.39, 0.29) is 28.0 Å². The van der Waals surface area contributed by atoms with Crippen molar-refractivity contribution in [1.29, 1.82) is 0 Å². The standard InChI is InChI=1S/C22H19N3O3S.C22H19N3OS/c1-14-9-17-11-18(26)13-21(25-20(17)10-15(14)2)16-5-3-6-19(12-16)29(27,28)22-23-7-4-8-24-22;1-14-9-17-11-18(26)13-21(25-20(17)10-15(14)2)16-5-3-6-19(12-16)27-22-23-7-4-8-24-22/h3-10,12H,11,13H2,1-2H3;3-10,12H,11,13H2,1-2H3. The summed E-state index contributed by atoms with van der Waals surface area (Å²) in [4.78, 5) is 51.9. The fourth-order valence-corrected chi connectivity index (χ4v) is 8.31. The highest BCUT2D eigenvalue weighted by Crippen LogP contribution is 2.32. The first kappa shape index (κ1) is 38.3. The summed E-state index contributed by atoms with van der Waals surface area (Å²) in [6.07, 6.45) is 7.50. The predicted molar refractivity (Wildman–Crippen MR) is 217 cm³/mol. The van der Waals surface area contributed by atoms with Crippen molar-refractivity contribution >= 4 is 56.0 Å². The minimum absolute atomic E-state index is 0.0467. The molecule has 280 valence electrons. The molecule has 0 bridgehead atoms. The molecular weight excluding hydrogens is 741 g/mol. The molecule has 12 heteroatoms. The van der Waals surface area contributed by atoms with Gasteiger partial charge < -0.3 is 0 Å². The summed E-state index contributed by atoms with van der Waals surface area (Å²) in [7, 11) is -3.86. The topological polar surface area (TPSA) is 145 Å². The molecule has 0 fully saturated rings. The number of aromatic nitrogens is 4. The van der Waals surface area contributed by atoms with Gasteiger partial charge >= 0.3 is 0 Å². The lowest BCUT2D eigenvalue weighted by atomic mass is 9.99. The Labute approximate surface area is 330 Å². The van der Waals surface area contributed by atoms with Gasteiger partial charge in [0.2, 0.25) is 9.84 Å². The number of aliphatic imine (C=N–C) groups is 2. The van der Waals surface area contributed by atoms with Gasteiger partial charge in [-0.15, -0.1) is 0 Å². The third-order valence-corrected chi connectivity index (χ3v) is 12.0. The van der Waals surface area contributed by atoms with Crippen LogP contribution in [0.5, 0.6) is 0 Å². The Hall–Kier alpha value is -5.98. The van der Waals surface area contributed by atoms with Crippen LogP contribution in [-0.2, 0) is 32.3 Å². The minimum Gasteiger partial charge on any atom is -0.299 e. The van der Waals surface area contributed by atoms with Crippen molar-refractivity contribution in [3.05, 3.63) is 154 Å². The van der Waals surface area contributed by atoms with E-state index in [0.29, 0.717) is 35.7 Å². The van der Waals surface area contributed by atoms with E-state index >= 15 is 0 Å². The van der Waals surface area contributed by atoms with Gasteiger partial charge in [0.05, 0.1) is 27.7 Å². The van der Waals surface area contributed by atoms with Crippen molar-refractivity contribution in [2.75, 3.05) is 0 Å². The lowest BCUT2D eigenvalue weighted by Crippen LogP contribution is -2.11. The summed E-state index contributed by atoms with van der Waals surface area (Å²) >= 11 is 1.50. The summed E-state index contributed by atoms with van der Waals surface area (Å²) in [5.41, 5.74) is 11.1. The maximum absolute atomic E-state index is 12.8. The second kappa shape index (κ2) is 16.4. The van der Waals surface area contributed by atoms with Crippen LogP contribution in [0.4, 0.5) is 11.4 Å². The lowest BCUT2D eigenvalue weighted by Gasteiger charge is -2.08. The Kier molecular flexibility index (Phi) is 11.2. The number of fused-ring (bicyclic) bond motifs is 2. The fraction of sp³-hybridized carbons (Fsp3) is 0.182. The van der Waals surface area contributed by atoms with E-state index in [1.54, 1.807) is 36.7 Å². The Balaban J connectivity index is 0.000000172. The molecule has 2 aliphatic heterocycles. The molecule has 0 saturated carbocycles. The molecule has 0 amide bonds. The number of nitrogens with zero attached hydrogens (tertiary/aromatic N) is 6. The van der Waals surface area contributed by atoms with Crippen LogP contribution in [0.15, 0.2) is 140 Å². The zero-order chi connectivity index (χ0) is 39.4. The number of Topliss-reactive ketones (excluding diaryl/α,β-unsaturated/α-hetero) is 2. The van der Waals surface area contributed by atoms with E-state index in [2.05, 4.69) is 52.0 Å².